The molecule has 1 aromatic rings. The Labute approximate surface area is 121 Å². The van der Waals surface area contributed by atoms with Gasteiger partial charge in [-0.25, -0.2) is 8.42 Å². The number of nitrogens with zero attached hydrogens (tertiary/aromatic N) is 2. The molecule has 1 fully saturated rings. The van der Waals surface area contributed by atoms with Crippen LogP contribution in [0.4, 0.5) is 5.69 Å². The van der Waals surface area contributed by atoms with Gasteiger partial charge in [0.05, 0.1) is 5.69 Å². The van der Waals surface area contributed by atoms with Gasteiger partial charge in [0.25, 0.3) is 0 Å². The molecule has 112 valence electrons. The van der Waals surface area contributed by atoms with Gasteiger partial charge in [0.15, 0.2) is 0 Å². The summed E-state index contributed by atoms with van der Waals surface area (Å²) in [7, 11) is -1.50. The minimum Gasteiger partial charge on any atom is -0.398 e. The van der Waals surface area contributed by atoms with Crippen molar-refractivity contribution in [2.24, 2.45) is 0 Å². The first-order chi connectivity index (χ1) is 9.32. The first-order valence-electron chi connectivity index (χ1n) is 6.89. The van der Waals surface area contributed by atoms with Gasteiger partial charge in [-0.3, -0.25) is 0 Å². The van der Waals surface area contributed by atoms with Crippen molar-refractivity contribution >= 4 is 15.7 Å². The largest absolute Gasteiger partial charge is 0.398 e. The predicted molar refractivity (Wildman–Crippen MR) is 81.1 cm³/mol. The third kappa shape index (κ3) is 2.97. The number of hydrogen-bond acceptors (Lipinski definition) is 4. The van der Waals surface area contributed by atoms with E-state index in [2.05, 4.69) is 4.90 Å². The summed E-state index contributed by atoms with van der Waals surface area (Å²) in [5.74, 6) is 0. The molecule has 1 aromatic carbocycles. The Morgan fingerprint density at radius 3 is 2.65 bits per heavy atom. The SMILES string of the molecule is Cc1ccc(S(=O)(=O)N2CCCN(C)CC2C)c(N)c1. The maximum absolute atomic E-state index is 12.8. The van der Waals surface area contributed by atoms with Crippen LogP contribution in [0.2, 0.25) is 0 Å². The molecule has 0 aromatic heterocycles. The lowest BCUT2D eigenvalue weighted by atomic mass is 10.2. The summed E-state index contributed by atoms with van der Waals surface area (Å²) in [5, 5.41) is 0. The van der Waals surface area contributed by atoms with E-state index in [0.29, 0.717) is 12.2 Å². The van der Waals surface area contributed by atoms with E-state index in [1.165, 1.54) is 0 Å². The average molecular weight is 297 g/mol. The zero-order chi connectivity index (χ0) is 14.9. The molecule has 20 heavy (non-hydrogen) atoms. The Balaban J connectivity index is 2.38. The molecule has 2 N–H and O–H groups in total. The van der Waals surface area contributed by atoms with Gasteiger partial charge in [-0.1, -0.05) is 6.07 Å². The van der Waals surface area contributed by atoms with Crippen molar-refractivity contribution in [3.63, 3.8) is 0 Å². The number of rotatable bonds is 2. The number of nitrogens with two attached hydrogens (primary N) is 1. The van der Waals surface area contributed by atoms with Crippen molar-refractivity contribution in [3.8, 4) is 0 Å². The highest BCUT2D eigenvalue weighted by Crippen LogP contribution is 2.26. The second-order valence-electron chi connectivity index (χ2n) is 5.62. The highest BCUT2D eigenvalue weighted by atomic mass is 32.2. The van der Waals surface area contributed by atoms with Crippen LogP contribution in [0, 0.1) is 6.92 Å². The zero-order valence-corrected chi connectivity index (χ0v) is 13.2. The fraction of sp³-hybridized carbons (Fsp3) is 0.571. The van der Waals surface area contributed by atoms with Gasteiger partial charge >= 0.3 is 0 Å². The van der Waals surface area contributed by atoms with Gasteiger partial charge in [-0.05, 0) is 51.6 Å². The number of benzene rings is 1. The van der Waals surface area contributed by atoms with E-state index < -0.39 is 10.0 Å². The van der Waals surface area contributed by atoms with E-state index in [1.54, 1.807) is 22.5 Å². The average Bonchev–Trinajstić information content (AvgIpc) is 2.49. The van der Waals surface area contributed by atoms with E-state index in [9.17, 15) is 8.42 Å². The lowest BCUT2D eigenvalue weighted by Crippen LogP contribution is -2.42. The maximum Gasteiger partial charge on any atom is 0.245 e. The van der Waals surface area contributed by atoms with Crippen LogP contribution in [0.5, 0.6) is 0 Å². The molecule has 0 saturated carbocycles. The van der Waals surface area contributed by atoms with E-state index in [0.717, 1.165) is 25.1 Å². The van der Waals surface area contributed by atoms with E-state index >= 15 is 0 Å². The van der Waals surface area contributed by atoms with Gasteiger partial charge in [-0.2, -0.15) is 4.31 Å². The van der Waals surface area contributed by atoms with E-state index in [-0.39, 0.29) is 10.9 Å². The quantitative estimate of drug-likeness (QED) is 0.835. The molecule has 1 atom stereocenters. The topological polar surface area (TPSA) is 66.6 Å². The fourth-order valence-corrected chi connectivity index (χ4v) is 4.50. The van der Waals surface area contributed by atoms with Gasteiger partial charge in [0.1, 0.15) is 4.90 Å². The molecule has 1 aliphatic rings. The summed E-state index contributed by atoms with van der Waals surface area (Å²) < 4.78 is 27.2. The van der Waals surface area contributed by atoms with Crippen LogP contribution in [0.1, 0.15) is 18.9 Å². The van der Waals surface area contributed by atoms with Gasteiger partial charge < -0.3 is 10.6 Å². The van der Waals surface area contributed by atoms with Crippen molar-refractivity contribution in [2.75, 3.05) is 32.4 Å². The summed E-state index contributed by atoms with van der Waals surface area (Å²) in [6.45, 7) is 6.05. The summed E-state index contributed by atoms with van der Waals surface area (Å²) in [4.78, 5) is 2.39. The van der Waals surface area contributed by atoms with Gasteiger partial charge in [0.2, 0.25) is 10.0 Å². The number of nitrogen functional groups attached to an aromatic ring is 1. The van der Waals surface area contributed by atoms with Crippen LogP contribution >= 0.6 is 0 Å². The first-order valence-corrected chi connectivity index (χ1v) is 8.33. The number of hydrogen-bond donors (Lipinski definition) is 1. The number of likely N-dealkylation sites (N-methyl/N-ethyl adjacent to an activating group) is 1. The third-order valence-electron chi connectivity index (χ3n) is 3.74. The number of anilines is 1. The number of sulfonamides is 1. The monoisotopic (exact) mass is 297 g/mol. The zero-order valence-electron chi connectivity index (χ0n) is 12.3. The van der Waals surface area contributed by atoms with E-state index in [1.807, 2.05) is 20.9 Å². The second-order valence-corrected chi connectivity index (χ2v) is 7.48. The molecule has 1 aliphatic heterocycles. The summed E-state index contributed by atoms with van der Waals surface area (Å²) in [5.41, 5.74) is 7.20. The summed E-state index contributed by atoms with van der Waals surface area (Å²) >= 11 is 0. The minimum absolute atomic E-state index is 0.0480. The predicted octanol–water partition coefficient (Wildman–Crippen LogP) is 1.29. The van der Waals surface area contributed by atoms with Gasteiger partial charge in [0, 0.05) is 19.1 Å². The molecule has 0 spiro atoms. The van der Waals surface area contributed by atoms with Crippen molar-refractivity contribution < 1.29 is 8.42 Å². The lowest BCUT2D eigenvalue weighted by Gasteiger charge is -2.27. The van der Waals surface area contributed by atoms with Crippen LogP contribution in [-0.2, 0) is 10.0 Å². The van der Waals surface area contributed by atoms with Crippen molar-refractivity contribution in [1.82, 2.24) is 9.21 Å². The molecule has 0 bridgehead atoms. The Hall–Kier alpha value is -1.11. The number of aryl methyl sites for hydroxylation is 1. The Bertz CT molecular complexity index is 586. The highest BCUT2D eigenvalue weighted by Gasteiger charge is 2.32. The first kappa shape index (κ1) is 15.3. The third-order valence-corrected chi connectivity index (χ3v) is 5.83. The molecule has 1 heterocycles. The Morgan fingerprint density at radius 2 is 2.00 bits per heavy atom. The molecular formula is C14H23N3O2S. The maximum atomic E-state index is 12.8. The van der Waals surface area contributed by atoms with Crippen LogP contribution < -0.4 is 5.73 Å². The Kier molecular flexibility index (Phi) is 4.36. The molecule has 1 saturated heterocycles. The van der Waals surface area contributed by atoms with Crippen molar-refractivity contribution in [3.05, 3.63) is 23.8 Å². The van der Waals surface area contributed by atoms with Crippen molar-refractivity contribution in [2.45, 2.75) is 31.2 Å². The van der Waals surface area contributed by atoms with E-state index in [4.69, 9.17) is 5.73 Å². The minimum atomic E-state index is -3.52. The lowest BCUT2D eigenvalue weighted by molar-refractivity contribution is 0.290. The smallest absolute Gasteiger partial charge is 0.245 e. The standard InChI is InChI=1S/C14H23N3O2S/c1-11-5-6-14(13(15)9-11)20(18,19)17-8-4-7-16(3)10-12(17)2/h5-6,9,12H,4,7-8,10,15H2,1-3H3. The Morgan fingerprint density at radius 1 is 1.30 bits per heavy atom. The highest BCUT2D eigenvalue weighted by molar-refractivity contribution is 7.89. The van der Waals surface area contributed by atoms with Crippen molar-refractivity contribution in [1.29, 1.82) is 0 Å². The second kappa shape index (κ2) is 5.71. The molecule has 0 amide bonds. The summed E-state index contributed by atoms with van der Waals surface area (Å²) in [6.07, 6.45) is 0.839. The molecular weight excluding hydrogens is 274 g/mol. The van der Waals surface area contributed by atoms with Gasteiger partial charge in [-0.15, -0.1) is 0 Å². The molecule has 6 heteroatoms. The van der Waals surface area contributed by atoms with Crippen LogP contribution in [-0.4, -0.2) is 50.3 Å². The molecule has 0 radical (unpaired) electrons. The molecule has 1 unspecified atom stereocenters. The fourth-order valence-electron chi connectivity index (χ4n) is 2.74. The van der Waals surface area contributed by atoms with Crippen LogP contribution in [0.25, 0.3) is 0 Å². The molecule has 0 aliphatic carbocycles. The summed E-state index contributed by atoms with van der Waals surface area (Å²) in [6, 6.07) is 5.06. The van der Waals surface area contributed by atoms with Crippen LogP contribution in [0.15, 0.2) is 23.1 Å². The van der Waals surface area contributed by atoms with Crippen LogP contribution in [0.3, 0.4) is 0 Å². The molecule has 2 rings (SSSR count). The molecule has 5 nitrogen and oxygen atoms in total. The normalized spacial score (nSPS) is 22.6.